The maximum Gasteiger partial charge on any atom is 0.433 e. The topological polar surface area (TPSA) is 80.9 Å². The number of pyridine rings is 1. The van der Waals surface area contributed by atoms with Crippen LogP contribution in [0.5, 0.6) is 0 Å². The number of thiophene rings is 1. The van der Waals surface area contributed by atoms with Crippen LogP contribution in [0.1, 0.15) is 20.9 Å². The predicted molar refractivity (Wildman–Crippen MR) is 83.8 cm³/mol. The third kappa shape index (κ3) is 2.86. The van der Waals surface area contributed by atoms with Crippen LogP contribution in [0.25, 0.3) is 10.2 Å². The van der Waals surface area contributed by atoms with E-state index in [1.165, 1.54) is 24.5 Å². The van der Waals surface area contributed by atoms with Crippen molar-refractivity contribution in [3.63, 3.8) is 0 Å². The fraction of sp³-hybridized carbons (Fsp3) is 0.154. The van der Waals surface area contributed by atoms with Crippen molar-refractivity contribution in [1.82, 2.24) is 9.97 Å². The van der Waals surface area contributed by atoms with Crippen molar-refractivity contribution in [2.24, 2.45) is 0 Å². The molecule has 0 atom stereocenters. The van der Waals surface area contributed by atoms with Crippen LogP contribution < -0.4 is 11.1 Å². The van der Waals surface area contributed by atoms with Gasteiger partial charge in [-0.1, -0.05) is 0 Å². The van der Waals surface area contributed by atoms with Gasteiger partial charge in [0.2, 0.25) is 0 Å². The third-order valence-corrected chi connectivity index (χ3v) is 4.83. The summed E-state index contributed by atoms with van der Waals surface area (Å²) in [6.45, 7) is 1.50. The first-order chi connectivity index (χ1) is 10.8. The number of thiazole rings is 1. The number of carbonyl (C=O) groups excluding carboxylic acids is 1. The van der Waals surface area contributed by atoms with E-state index < -0.39 is 17.8 Å². The highest BCUT2D eigenvalue weighted by Gasteiger charge is 2.34. The van der Waals surface area contributed by atoms with Crippen LogP contribution in [0, 0.1) is 6.92 Å². The highest BCUT2D eigenvalue weighted by atomic mass is 32.1. The van der Waals surface area contributed by atoms with E-state index in [4.69, 9.17) is 5.73 Å². The molecule has 3 N–H and O–H groups in total. The second-order valence-corrected chi connectivity index (χ2v) is 6.53. The molecule has 120 valence electrons. The molecule has 0 radical (unpaired) electrons. The van der Waals surface area contributed by atoms with Gasteiger partial charge in [-0.15, -0.1) is 22.7 Å². The number of aryl methyl sites for hydroxylation is 1. The van der Waals surface area contributed by atoms with E-state index in [0.717, 1.165) is 17.4 Å². The Hall–Kier alpha value is -2.20. The van der Waals surface area contributed by atoms with Crippen LogP contribution in [0.4, 0.5) is 24.0 Å². The monoisotopic (exact) mass is 358 g/mol. The minimum absolute atomic E-state index is 0.0825. The van der Waals surface area contributed by atoms with Crippen LogP contribution in [0.3, 0.4) is 0 Å². The number of anilines is 2. The number of nitrogens with zero attached hydrogens (tertiary/aromatic N) is 2. The number of hydrogen-bond donors (Lipinski definition) is 2. The molecule has 0 fully saturated rings. The molecule has 0 aliphatic rings. The molecule has 3 aromatic heterocycles. The van der Waals surface area contributed by atoms with E-state index in [2.05, 4.69) is 15.3 Å². The summed E-state index contributed by atoms with van der Waals surface area (Å²) in [6, 6.07) is 0.925. The molecule has 3 heterocycles. The Morgan fingerprint density at radius 1 is 1.39 bits per heavy atom. The number of rotatable bonds is 2. The molecule has 23 heavy (non-hydrogen) atoms. The Labute approximate surface area is 136 Å². The number of carbonyl (C=O) groups is 1. The molecule has 3 aromatic rings. The largest absolute Gasteiger partial charge is 0.433 e. The summed E-state index contributed by atoms with van der Waals surface area (Å²) in [6.07, 6.45) is -3.03. The van der Waals surface area contributed by atoms with Crippen molar-refractivity contribution in [2.45, 2.75) is 13.1 Å². The molecular formula is C13H9F3N4OS2. The van der Waals surface area contributed by atoms with Gasteiger partial charge in [0.05, 0.1) is 5.69 Å². The summed E-state index contributed by atoms with van der Waals surface area (Å²) in [5.41, 5.74) is 5.38. The molecule has 3 rings (SSSR count). The lowest BCUT2D eigenvalue weighted by molar-refractivity contribution is -0.141. The number of fused-ring (bicyclic) bond motifs is 1. The zero-order valence-electron chi connectivity index (χ0n) is 11.6. The summed E-state index contributed by atoms with van der Waals surface area (Å²) in [5, 5.41) is 4.99. The van der Waals surface area contributed by atoms with E-state index in [1.807, 2.05) is 0 Å². The second-order valence-electron chi connectivity index (χ2n) is 4.64. The molecule has 0 unspecified atom stereocenters. The molecule has 5 nitrogen and oxygen atoms in total. The number of nitrogens with two attached hydrogens (primary N) is 1. The molecule has 0 saturated carbocycles. The van der Waals surface area contributed by atoms with Crippen LogP contribution in [-0.4, -0.2) is 15.9 Å². The maximum atomic E-state index is 12.8. The number of nitrogens with one attached hydrogen (secondary N) is 1. The van der Waals surface area contributed by atoms with E-state index >= 15 is 0 Å². The standard InChI is InChI=1S/C13H9F3N4OS2/c1-5-4-6(13(14,15)16)19-11-7(5)8(17)9(23-11)10(21)20-12-18-2-3-22-12/h2-4H,17H2,1H3,(H,18,20,21). The average molecular weight is 358 g/mol. The van der Waals surface area contributed by atoms with Gasteiger partial charge in [0.25, 0.3) is 5.91 Å². The van der Waals surface area contributed by atoms with Crippen molar-refractivity contribution in [3.05, 3.63) is 33.8 Å². The first kappa shape index (κ1) is 15.7. The third-order valence-electron chi connectivity index (χ3n) is 3.05. The van der Waals surface area contributed by atoms with Gasteiger partial charge in [-0.05, 0) is 18.6 Å². The minimum atomic E-state index is -4.55. The number of nitrogen functional groups attached to an aromatic ring is 1. The smallest absolute Gasteiger partial charge is 0.397 e. The van der Waals surface area contributed by atoms with Gasteiger partial charge in [0, 0.05) is 17.0 Å². The Morgan fingerprint density at radius 3 is 2.74 bits per heavy atom. The fourth-order valence-corrected chi connectivity index (χ4v) is 3.65. The van der Waals surface area contributed by atoms with Gasteiger partial charge in [-0.2, -0.15) is 13.2 Å². The Bertz CT molecular complexity index is 887. The second kappa shape index (κ2) is 5.46. The lowest BCUT2D eigenvalue weighted by atomic mass is 10.1. The average Bonchev–Trinajstić information content (AvgIpc) is 3.06. The Morgan fingerprint density at radius 2 is 2.13 bits per heavy atom. The number of hydrogen-bond acceptors (Lipinski definition) is 6. The Balaban J connectivity index is 2.07. The lowest BCUT2D eigenvalue weighted by Gasteiger charge is -2.07. The number of halogens is 3. The van der Waals surface area contributed by atoms with Crippen molar-refractivity contribution < 1.29 is 18.0 Å². The van der Waals surface area contributed by atoms with Gasteiger partial charge < -0.3 is 5.73 Å². The minimum Gasteiger partial charge on any atom is -0.397 e. The first-order valence-electron chi connectivity index (χ1n) is 6.25. The van der Waals surface area contributed by atoms with E-state index in [-0.39, 0.29) is 15.4 Å². The van der Waals surface area contributed by atoms with Crippen molar-refractivity contribution >= 4 is 49.6 Å². The zero-order chi connectivity index (χ0) is 16.8. The summed E-state index contributed by atoms with van der Waals surface area (Å²) in [4.78, 5) is 19.9. The molecule has 0 aliphatic carbocycles. The van der Waals surface area contributed by atoms with Gasteiger partial charge in [-0.3, -0.25) is 10.1 Å². The van der Waals surface area contributed by atoms with E-state index in [0.29, 0.717) is 16.1 Å². The molecule has 0 spiro atoms. The lowest BCUT2D eigenvalue weighted by Crippen LogP contribution is -2.11. The molecule has 0 aromatic carbocycles. The fourth-order valence-electron chi connectivity index (χ4n) is 2.06. The summed E-state index contributed by atoms with van der Waals surface area (Å²) in [5.74, 6) is -0.520. The molecular weight excluding hydrogens is 349 g/mol. The molecule has 0 saturated heterocycles. The normalized spacial score (nSPS) is 11.8. The summed E-state index contributed by atoms with van der Waals surface area (Å²) < 4.78 is 38.5. The SMILES string of the molecule is Cc1cc(C(F)(F)F)nc2sc(C(=O)Nc3nccs3)c(N)c12. The van der Waals surface area contributed by atoms with Crippen LogP contribution >= 0.6 is 22.7 Å². The van der Waals surface area contributed by atoms with E-state index in [9.17, 15) is 18.0 Å². The summed E-state index contributed by atoms with van der Waals surface area (Å²) in [7, 11) is 0. The molecule has 0 bridgehead atoms. The number of alkyl halides is 3. The van der Waals surface area contributed by atoms with Crippen LogP contribution in [0.15, 0.2) is 17.6 Å². The van der Waals surface area contributed by atoms with Crippen molar-refractivity contribution in [3.8, 4) is 0 Å². The molecule has 1 amide bonds. The highest BCUT2D eigenvalue weighted by Crippen LogP contribution is 2.38. The van der Waals surface area contributed by atoms with E-state index in [1.54, 1.807) is 5.38 Å². The summed E-state index contributed by atoms with van der Waals surface area (Å²) >= 11 is 2.05. The quantitative estimate of drug-likeness (QED) is 0.728. The van der Waals surface area contributed by atoms with Crippen molar-refractivity contribution in [1.29, 1.82) is 0 Å². The predicted octanol–water partition coefficient (Wildman–Crippen LogP) is 3.91. The van der Waals surface area contributed by atoms with Crippen LogP contribution in [0.2, 0.25) is 0 Å². The maximum absolute atomic E-state index is 12.8. The van der Waals surface area contributed by atoms with Gasteiger partial charge in [-0.25, -0.2) is 9.97 Å². The molecule has 0 aliphatic heterocycles. The highest BCUT2D eigenvalue weighted by molar-refractivity contribution is 7.21. The number of aromatic nitrogens is 2. The van der Waals surface area contributed by atoms with Gasteiger partial charge >= 0.3 is 6.18 Å². The molecule has 10 heteroatoms. The number of amides is 1. The van der Waals surface area contributed by atoms with Gasteiger partial charge in [0.1, 0.15) is 15.4 Å². The van der Waals surface area contributed by atoms with Gasteiger partial charge in [0.15, 0.2) is 5.13 Å². The first-order valence-corrected chi connectivity index (χ1v) is 7.94. The Kier molecular flexibility index (Phi) is 3.72. The zero-order valence-corrected chi connectivity index (χ0v) is 13.2. The van der Waals surface area contributed by atoms with Crippen molar-refractivity contribution in [2.75, 3.05) is 11.1 Å². The van der Waals surface area contributed by atoms with Crippen LogP contribution in [-0.2, 0) is 6.18 Å².